The second-order valence-electron chi connectivity index (χ2n) is 9.19. The van der Waals surface area contributed by atoms with Crippen LogP contribution in [0.3, 0.4) is 0 Å². The van der Waals surface area contributed by atoms with Gasteiger partial charge >= 0.3 is 0 Å². The van der Waals surface area contributed by atoms with Gasteiger partial charge in [-0.15, -0.1) is 11.3 Å². The lowest BCUT2D eigenvalue weighted by atomic mass is 9.90. The molecule has 3 aromatic rings. The number of hydrogen-bond acceptors (Lipinski definition) is 8. The van der Waals surface area contributed by atoms with E-state index in [0.29, 0.717) is 25.7 Å². The van der Waals surface area contributed by atoms with Gasteiger partial charge in [0.15, 0.2) is 10.8 Å². The standard InChI is InChI=1S/C24H31N5O3S/c1-14(2)29-23(25-15(3)27-29)24-26-22-19-6-5-16(9-20(19)32-8-7-21(22)33-24)17-10-28(11-17)12-18(30)13-31-4/h5-6,9,14,17-18,30H,7-8,10-13H2,1-4H3. The Balaban J connectivity index is 1.38. The molecule has 4 heterocycles. The number of ether oxygens (including phenoxy) is 2. The maximum atomic E-state index is 9.95. The van der Waals surface area contributed by atoms with E-state index in [0.717, 1.165) is 53.2 Å². The van der Waals surface area contributed by atoms with Crippen molar-refractivity contribution in [1.82, 2.24) is 24.6 Å². The zero-order valence-corrected chi connectivity index (χ0v) is 20.4. The van der Waals surface area contributed by atoms with Crippen LogP contribution in [0.4, 0.5) is 0 Å². The Morgan fingerprint density at radius 2 is 2.09 bits per heavy atom. The number of rotatable bonds is 7. The lowest BCUT2D eigenvalue weighted by molar-refractivity contribution is 0.0160. The molecule has 1 fully saturated rings. The monoisotopic (exact) mass is 469 g/mol. The minimum atomic E-state index is -0.436. The molecule has 2 aliphatic rings. The molecule has 176 valence electrons. The first-order valence-corrected chi connectivity index (χ1v) is 12.3. The Labute approximate surface area is 198 Å². The molecule has 2 aliphatic heterocycles. The molecule has 1 N–H and O–H groups in total. The number of aliphatic hydroxyl groups is 1. The Morgan fingerprint density at radius 1 is 1.27 bits per heavy atom. The van der Waals surface area contributed by atoms with Gasteiger partial charge in [0.2, 0.25) is 0 Å². The van der Waals surface area contributed by atoms with Crippen LogP contribution in [0.2, 0.25) is 0 Å². The quantitative estimate of drug-likeness (QED) is 0.568. The predicted octanol–water partition coefficient (Wildman–Crippen LogP) is 3.30. The number of methoxy groups -OCH3 is 1. The second-order valence-corrected chi connectivity index (χ2v) is 10.3. The Bertz CT molecular complexity index is 1140. The molecule has 0 aliphatic carbocycles. The number of nitrogens with zero attached hydrogens (tertiary/aromatic N) is 5. The third-order valence-electron chi connectivity index (χ3n) is 6.22. The van der Waals surface area contributed by atoms with Crippen molar-refractivity contribution >= 4 is 11.3 Å². The summed E-state index contributed by atoms with van der Waals surface area (Å²) in [5.74, 6) is 2.96. The van der Waals surface area contributed by atoms with Crippen molar-refractivity contribution in [2.75, 3.05) is 40.0 Å². The maximum absolute atomic E-state index is 9.95. The van der Waals surface area contributed by atoms with Crippen molar-refractivity contribution in [3.05, 3.63) is 34.5 Å². The number of aryl methyl sites for hydroxylation is 1. The second kappa shape index (κ2) is 9.13. The highest BCUT2D eigenvalue weighted by Gasteiger charge is 2.31. The molecular formula is C24H31N5O3S. The van der Waals surface area contributed by atoms with E-state index in [4.69, 9.17) is 14.5 Å². The van der Waals surface area contributed by atoms with Gasteiger partial charge in [0.1, 0.15) is 11.6 Å². The summed E-state index contributed by atoms with van der Waals surface area (Å²) in [6, 6.07) is 6.75. The molecule has 0 spiro atoms. The molecule has 1 unspecified atom stereocenters. The number of thiazole rings is 1. The average molecular weight is 470 g/mol. The van der Waals surface area contributed by atoms with Crippen molar-refractivity contribution in [2.24, 2.45) is 0 Å². The number of aliphatic hydroxyl groups excluding tert-OH is 1. The smallest absolute Gasteiger partial charge is 0.187 e. The minimum absolute atomic E-state index is 0.223. The topological polar surface area (TPSA) is 85.5 Å². The van der Waals surface area contributed by atoms with E-state index >= 15 is 0 Å². The third-order valence-corrected chi connectivity index (χ3v) is 7.33. The summed E-state index contributed by atoms with van der Waals surface area (Å²) in [5, 5.41) is 15.4. The molecule has 5 rings (SSSR count). The van der Waals surface area contributed by atoms with Crippen molar-refractivity contribution < 1.29 is 14.6 Å². The lowest BCUT2D eigenvalue weighted by Gasteiger charge is -2.40. The molecule has 1 atom stereocenters. The maximum Gasteiger partial charge on any atom is 0.187 e. The first-order chi connectivity index (χ1) is 15.9. The van der Waals surface area contributed by atoms with Crippen LogP contribution < -0.4 is 4.74 Å². The lowest BCUT2D eigenvalue weighted by Crippen LogP contribution is -2.48. The van der Waals surface area contributed by atoms with Gasteiger partial charge in [-0.25, -0.2) is 14.6 Å². The summed E-state index contributed by atoms with van der Waals surface area (Å²) >= 11 is 1.69. The summed E-state index contributed by atoms with van der Waals surface area (Å²) in [5.41, 5.74) is 3.33. The predicted molar refractivity (Wildman–Crippen MR) is 128 cm³/mol. The molecule has 0 radical (unpaired) electrons. The molecule has 33 heavy (non-hydrogen) atoms. The van der Waals surface area contributed by atoms with E-state index in [1.165, 1.54) is 10.4 Å². The van der Waals surface area contributed by atoms with Gasteiger partial charge in [0, 0.05) is 55.6 Å². The summed E-state index contributed by atoms with van der Waals surface area (Å²) in [7, 11) is 1.62. The van der Waals surface area contributed by atoms with Crippen LogP contribution in [0.15, 0.2) is 18.2 Å². The zero-order valence-electron chi connectivity index (χ0n) is 19.6. The summed E-state index contributed by atoms with van der Waals surface area (Å²) in [6.07, 6.45) is 0.398. The molecule has 2 aromatic heterocycles. The summed E-state index contributed by atoms with van der Waals surface area (Å²) in [4.78, 5) is 13.2. The highest BCUT2D eigenvalue weighted by Crippen LogP contribution is 2.42. The van der Waals surface area contributed by atoms with Crippen LogP contribution in [-0.4, -0.2) is 75.8 Å². The number of benzene rings is 1. The van der Waals surface area contributed by atoms with Crippen LogP contribution in [0.5, 0.6) is 5.75 Å². The number of likely N-dealkylation sites (tertiary alicyclic amines) is 1. The van der Waals surface area contributed by atoms with Gasteiger partial charge in [-0.05, 0) is 38.5 Å². The van der Waals surface area contributed by atoms with E-state index in [-0.39, 0.29) is 6.04 Å². The molecule has 0 bridgehead atoms. The van der Waals surface area contributed by atoms with Crippen molar-refractivity contribution in [1.29, 1.82) is 0 Å². The molecule has 0 saturated carbocycles. The van der Waals surface area contributed by atoms with Crippen LogP contribution in [0, 0.1) is 6.92 Å². The van der Waals surface area contributed by atoms with E-state index in [9.17, 15) is 5.11 Å². The highest BCUT2D eigenvalue weighted by atomic mass is 32.1. The number of fused-ring (bicyclic) bond motifs is 3. The SMILES string of the molecule is COCC(O)CN1CC(c2ccc3c(c2)OCCc2sc(-c4nc(C)nn4C(C)C)nc2-3)C1. The van der Waals surface area contributed by atoms with Gasteiger partial charge in [0.25, 0.3) is 0 Å². The Kier molecular flexibility index (Phi) is 6.22. The van der Waals surface area contributed by atoms with Crippen LogP contribution in [-0.2, 0) is 11.2 Å². The average Bonchev–Trinajstić information content (AvgIpc) is 3.30. The molecule has 0 amide bonds. The first kappa shape index (κ1) is 22.5. The van der Waals surface area contributed by atoms with Gasteiger partial charge in [0.05, 0.1) is 25.0 Å². The van der Waals surface area contributed by atoms with E-state index in [1.807, 2.05) is 11.6 Å². The Morgan fingerprint density at radius 3 is 2.85 bits per heavy atom. The van der Waals surface area contributed by atoms with Gasteiger partial charge < -0.3 is 14.6 Å². The molecular weight excluding hydrogens is 438 g/mol. The Hall–Kier alpha value is -2.33. The van der Waals surface area contributed by atoms with Crippen LogP contribution in [0.25, 0.3) is 22.1 Å². The van der Waals surface area contributed by atoms with E-state index in [1.54, 1.807) is 18.4 Å². The van der Waals surface area contributed by atoms with Crippen molar-refractivity contribution in [3.8, 4) is 27.8 Å². The first-order valence-electron chi connectivity index (χ1n) is 11.5. The zero-order chi connectivity index (χ0) is 23.1. The minimum Gasteiger partial charge on any atom is -0.492 e. The van der Waals surface area contributed by atoms with Gasteiger partial charge in [-0.2, -0.15) is 5.10 Å². The van der Waals surface area contributed by atoms with E-state index < -0.39 is 6.10 Å². The normalized spacial score (nSPS) is 17.3. The molecule has 1 saturated heterocycles. The molecule has 8 nitrogen and oxygen atoms in total. The van der Waals surface area contributed by atoms with Crippen molar-refractivity contribution in [3.63, 3.8) is 0 Å². The van der Waals surface area contributed by atoms with Gasteiger partial charge in [-0.1, -0.05) is 6.07 Å². The number of aromatic nitrogens is 4. The number of hydrogen-bond donors (Lipinski definition) is 1. The summed E-state index contributed by atoms with van der Waals surface area (Å²) < 4.78 is 13.1. The largest absolute Gasteiger partial charge is 0.492 e. The van der Waals surface area contributed by atoms with Crippen LogP contribution in [0.1, 0.15) is 42.1 Å². The summed E-state index contributed by atoms with van der Waals surface area (Å²) in [6.45, 7) is 9.69. The number of β-amino-alcohol motifs (C(OH)–C–C–N with tert-alkyl or cyclic N) is 1. The fourth-order valence-electron chi connectivity index (χ4n) is 4.60. The van der Waals surface area contributed by atoms with Gasteiger partial charge in [-0.3, -0.25) is 4.90 Å². The fourth-order valence-corrected chi connectivity index (χ4v) is 5.64. The molecule has 9 heteroatoms. The fraction of sp³-hybridized carbons (Fsp3) is 0.542. The molecule has 1 aromatic carbocycles. The van der Waals surface area contributed by atoms with E-state index in [2.05, 4.69) is 47.0 Å². The third kappa shape index (κ3) is 4.42. The highest BCUT2D eigenvalue weighted by molar-refractivity contribution is 7.15. The van der Waals surface area contributed by atoms with Crippen molar-refractivity contribution in [2.45, 2.75) is 45.3 Å². The van der Waals surface area contributed by atoms with Crippen LogP contribution >= 0.6 is 11.3 Å².